The number of nitrogens with zero attached hydrogens (tertiary/aromatic N) is 2. The maximum atomic E-state index is 13.7. The zero-order valence-electron chi connectivity index (χ0n) is 12.9. The molecule has 126 valence electrons. The molecule has 0 bridgehead atoms. The van der Waals surface area contributed by atoms with Gasteiger partial charge in [0.15, 0.2) is 0 Å². The molecule has 2 rings (SSSR count). The minimum atomic E-state index is -1.61. The molecule has 0 aliphatic carbocycles. The van der Waals surface area contributed by atoms with Crippen LogP contribution in [0.3, 0.4) is 0 Å². The van der Waals surface area contributed by atoms with Gasteiger partial charge in [0, 0.05) is 32.4 Å². The quantitative estimate of drug-likeness (QED) is 0.888. The number of pyridine rings is 1. The maximum Gasteiger partial charge on any atom is 0.322 e. The summed E-state index contributed by atoms with van der Waals surface area (Å²) in [4.78, 5) is 27.3. The minimum Gasteiger partial charge on any atom is -0.530 e. The topological polar surface area (TPSA) is 107 Å². The molecule has 0 aliphatic rings. The highest BCUT2D eigenvalue weighted by atomic mass is 19.1. The number of urea groups is 1. The lowest BCUT2D eigenvalue weighted by Gasteiger charge is -2.13. The zero-order valence-corrected chi connectivity index (χ0v) is 12.9. The normalized spacial score (nSPS) is 9.96. The van der Waals surface area contributed by atoms with Gasteiger partial charge in [-0.15, -0.1) is 0 Å². The molecule has 3 amide bonds. The highest BCUT2D eigenvalue weighted by Crippen LogP contribution is 2.26. The summed E-state index contributed by atoms with van der Waals surface area (Å²) in [5.41, 5.74) is -0.240. The molecule has 24 heavy (non-hydrogen) atoms. The standard InChI is InChI=1S/C15H15FN4O4/c1-20(2)14(21)19-13-8-10(5-6-17-13)24-9-3-4-12(11(16)7-9)18-15(22)23/h3-8,18H,1-2H3,(H,22,23)(H,17,19,21)/p-1. The van der Waals surface area contributed by atoms with Crippen molar-refractivity contribution in [2.24, 2.45) is 0 Å². The Kier molecular flexibility index (Phi) is 5.15. The SMILES string of the molecule is CN(C)C(=O)Nc1cc(Oc2ccc(NC(=O)[O-])c(F)c2)ccn1. The average Bonchev–Trinajstić information content (AvgIpc) is 2.50. The molecule has 1 heterocycles. The number of halogens is 1. The van der Waals surface area contributed by atoms with E-state index in [1.165, 1.54) is 35.4 Å². The van der Waals surface area contributed by atoms with Gasteiger partial charge in [0.25, 0.3) is 0 Å². The summed E-state index contributed by atoms with van der Waals surface area (Å²) in [6.07, 6.45) is -0.193. The predicted octanol–water partition coefficient (Wildman–Crippen LogP) is 1.86. The first-order valence-electron chi connectivity index (χ1n) is 6.75. The van der Waals surface area contributed by atoms with Gasteiger partial charge in [-0.3, -0.25) is 5.32 Å². The molecule has 0 saturated heterocycles. The molecule has 0 atom stereocenters. The van der Waals surface area contributed by atoms with Crippen LogP contribution in [0.25, 0.3) is 0 Å². The highest BCUT2D eigenvalue weighted by molar-refractivity contribution is 5.88. The van der Waals surface area contributed by atoms with E-state index in [2.05, 4.69) is 10.3 Å². The van der Waals surface area contributed by atoms with E-state index in [0.29, 0.717) is 5.75 Å². The number of carboxylic acid groups (broad SMARTS) is 1. The van der Waals surface area contributed by atoms with Crippen molar-refractivity contribution in [3.05, 3.63) is 42.3 Å². The van der Waals surface area contributed by atoms with Crippen LogP contribution in [-0.2, 0) is 0 Å². The highest BCUT2D eigenvalue weighted by Gasteiger charge is 2.08. The summed E-state index contributed by atoms with van der Waals surface area (Å²) in [5, 5.41) is 14.8. The molecule has 1 aromatic carbocycles. The van der Waals surface area contributed by atoms with Crippen molar-refractivity contribution >= 4 is 23.6 Å². The first-order valence-corrected chi connectivity index (χ1v) is 6.75. The van der Waals surface area contributed by atoms with Crippen LogP contribution in [0.4, 0.5) is 25.5 Å². The average molecular weight is 333 g/mol. The second-order valence-electron chi connectivity index (χ2n) is 4.86. The summed E-state index contributed by atoms with van der Waals surface area (Å²) in [6, 6.07) is 6.24. The number of hydrogen-bond donors (Lipinski definition) is 2. The van der Waals surface area contributed by atoms with Crippen molar-refractivity contribution in [2.45, 2.75) is 0 Å². The third-order valence-electron chi connectivity index (χ3n) is 2.79. The van der Waals surface area contributed by atoms with Crippen molar-refractivity contribution in [1.29, 1.82) is 0 Å². The predicted molar refractivity (Wildman–Crippen MR) is 82.4 cm³/mol. The van der Waals surface area contributed by atoms with Crippen LogP contribution in [0, 0.1) is 5.82 Å². The van der Waals surface area contributed by atoms with Gasteiger partial charge in [0.05, 0.1) is 5.69 Å². The second kappa shape index (κ2) is 7.27. The fraction of sp³-hybridized carbons (Fsp3) is 0.133. The third-order valence-corrected chi connectivity index (χ3v) is 2.79. The molecule has 0 saturated carbocycles. The van der Waals surface area contributed by atoms with E-state index in [1.807, 2.05) is 5.32 Å². The number of aromatic nitrogens is 1. The molecular formula is C15H14FN4O4-. The van der Waals surface area contributed by atoms with Gasteiger partial charge >= 0.3 is 6.03 Å². The number of carbonyl (C=O) groups excluding carboxylic acids is 2. The van der Waals surface area contributed by atoms with Crippen LogP contribution in [-0.4, -0.2) is 36.1 Å². The van der Waals surface area contributed by atoms with E-state index in [0.717, 1.165) is 6.07 Å². The number of amides is 3. The summed E-state index contributed by atoms with van der Waals surface area (Å²) < 4.78 is 19.2. The Hall–Kier alpha value is -3.36. The molecule has 8 nitrogen and oxygen atoms in total. The van der Waals surface area contributed by atoms with Crippen LogP contribution in [0.1, 0.15) is 0 Å². The lowest BCUT2D eigenvalue weighted by molar-refractivity contribution is -0.242. The molecule has 0 radical (unpaired) electrons. The number of hydrogen-bond acceptors (Lipinski definition) is 5. The van der Waals surface area contributed by atoms with Gasteiger partial charge in [-0.2, -0.15) is 0 Å². The first-order chi connectivity index (χ1) is 11.3. The second-order valence-corrected chi connectivity index (χ2v) is 4.86. The lowest BCUT2D eigenvalue weighted by Crippen LogP contribution is -2.29. The van der Waals surface area contributed by atoms with Gasteiger partial charge in [-0.25, -0.2) is 14.2 Å². The maximum absolute atomic E-state index is 13.7. The summed E-state index contributed by atoms with van der Waals surface area (Å²) in [7, 11) is 3.17. The molecular weight excluding hydrogens is 319 g/mol. The molecule has 0 unspecified atom stereocenters. The van der Waals surface area contributed by atoms with Crippen molar-refractivity contribution in [3.63, 3.8) is 0 Å². The molecule has 0 spiro atoms. The largest absolute Gasteiger partial charge is 0.530 e. The van der Waals surface area contributed by atoms with Gasteiger partial charge in [0.2, 0.25) is 0 Å². The molecule has 2 aromatic rings. The molecule has 0 aliphatic heterocycles. The van der Waals surface area contributed by atoms with Gasteiger partial charge < -0.3 is 24.9 Å². The Morgan fingerprint density at radius 2 is 1.88 bits per heavy atom. The van der Waals surface area contributed by atoms with Gasteiger partial charge in [-0.1, -0.05) is 0 Å². The molecule has 9 heteroatoms. The fourth-order valence-corrected chi connectivity index (χ4v) is 1.67. The van der Waals surface area contributed by atoms with Crippen LogP contribution >= 0.6 is 0 Å². The number of benzene rings is 1. The smallest absolute Gasteiger partial charge is 0.322 e. The minimum absolute atomic E-state index is 0.146. The van der Waals surface area contributed by atoms with Gasteiger partial charge in [-0.05, 0) is 18.2 Å². The van der Waals surface area contributed by atoms with Crippen molar-refractivity contribution < 1.29 is 23.8 Å². The van der Waals surface area contributed by atoms with E-state index in [1.54, 1.807) is 14.1 Å². The lowest BCUT2D eigenvalue weighted by atomic mass is 10.3. The molecule has 0 fully saturated rings. The van der Waals surface area contributed by atoms with E-state index >= 15 is 0 Å². The number of anilines is 2. The number of ether oxygens (including phenoxy) is 1. The van der Waals surface area contributed by atoms with Crippen molar-refractivity contribution in [3.8, 4) is 11.5 Å². The van der Waals surface area contributed by atoms with Crippen molar-refractivity contribution in [1.82, 2.24) is 9.88 Å². The fourth-order valence-electron chi connectivity index (χ4n) is 1.67. The van der Waals surface area contributed by atoms with Crippen LogP contribution in [0.15, 0.2) is 36.5 Å². The third kappa shape index (κ3) is 4.57. The Bertz CT molecular complexity index is 767. The Morgan fingerprint density at radius 3 is 2.50 bits per heavy atom. The summed E-state index contributed by atoms with van der Waals surface area (Å²) >= 11 is 0. The van der Waals surface area contributed by atoms with E-state index in [9.17, 15) is 19.1 Å². The van der Waals surface area contributed by atoms with Crippen LogP contribution in [0.5, 0.6) is 11.5 Å². The Balaban J connectivity index is 2.12. The monoisotopic (exact) mass is 333 g/mol. The van der Waals surface area contributed by atoms with E-state index in [4.69, 9.17) is 4.74 Å². The number of rotatable bonds is 4. The first kappa shape index (κ1) is 17.0. The van der Waals surface area contributed by atoms with Gasteiger partial charge in [0.1, 0.15) is 29.2 Å². The summed E-state index contributed by atoms with van der Waals surface area (Å²) in [6.45, 7) is 0. The number of nitrogens with one attached hydrogen (secondary N) is 2. The van der Waals surface area contributed by atoms with E-state index in [-0.39, 0.29) is 23.3 Å². The van der Waals surface area contributed by atoms with E-state index < -0.39 is 11.9 Å². The molecule has 1 aromatic heterocycles. The van der Waals surface area contributed by atoms with Crippen molar-refractivity contribution in [2.75, 3.05) is 24.7 Å². The zero-order chi connectivity index (χ0) is 17.7. The van der Waals surface area contributed by atoms with Crippen LogP contribution < -0.4 is 20.5 Å². The Morgan fingerprint density at radius 1 is 1.17 bits per heavy atom. The Labute approximate surface area is 136 Å². The molecule has 2 N–H and O–H groups in total. The van der Waals surface area contributed by atoms with Crippen LogP contribution in [0.2, 0.25) is 0 Å². The summed E-state index contributed by atoms with van der Waals surface area (Å²) in [5.74, 6) is -0.0830. The number of carbonyl (C=O) groups is 2.